The third-order valence-electron chi connectivity index (χ3n) is 3.59. The van der Waals surface area contributed by atoms with Gasteiger partial charge in [0.05, 0.1) is 0 Å². The van der Waals surface area contributed by atoms with Gasteiger partial charge in [0.25, 0.3) is 0 Å². The largest absolute Gasteiger partial charge is 0.396 e. The Balaban J connectivity index is 2.17. The first kappa shape index (κ1) is 12.0. The molecule has 0 saturated heterocycles. The number of benzene rings is 2. The van der Waals surface area contributed by atoms with Gasteiger partial charge in [-0.05, 0) is 42.2 Å². The fourth-order valence-electron chi connectivity index (χ4n) is 2.63. The lowest BCUT2D eigenvalue weighted by atomic mass is 10.0. The first-order valence-electron chi connectivity index (χ1n) is 6.57. The summed E-state index contributed by atoms with van der Waals surface area (Å²) in [6.07, 6.45) is 0.698. The topological polar surface area (TPSA) is 36.0 Å². The first-order chi connectivity index (χ1) is 9.29. The van der Waals surface area contributed by atoms with Crippen molar-refractivity contribution in [2.75, 3.05) is 6.61 Å². The van der Waals surface area contributed by atoms with E-state index in [0.29, 0.717) is 6.42 Å². The quantitative estimate of drug-likeness (QED) is 0.732. The van der Waals surface area contributed by atoms with E-state index in [9.17, 15) is 5.11 Å². The van der Waals surface area contributed by atoms with Crippen LogP contribution in [0.4, 0.5) is 0 Å². The van der Waals surface area contributed by atoms with E-state index < -0.39 is 0 Å². The van der Waals surface area contributed by atoms with Crippen LogP contribution in [0, 0.1) is 6.92 Å². The Morgan fingerprint density at radius 1 is 1.00 bits per heavy atom. The van der Waals surface area contributed by atoms with Crippen LogP contribution in [0.25, 0.3) is 22.0 Å². The molecular formula is C17H17NO. The van der Waals surface area contributed by atoms with E-state index in [1.165, 1.54) is 22.1 Å². The first-order valence-corrected chi connectivity index (χ1v) is 6.57. The molecule has 0 radical (unpaired) electrons. The Morgan fingerprint density at radius 2 is 1.79 bits per heavy atom. The molecule has 1 heterocycles. The maximum absolute atomic E-state index is 9.19. The van der Waals surface area contributed by atoms with Gasteiger partial charge in [0, 0.05) is 23.2 Å². The molecule has 0 fully saturated rings. The number of aliphatic hydroxyl groups is 1. The van der Waals surface area contributed by atoms with Crippen molar-refractivity contribution in [2.45, 2.75) is 13.3 Å². The highest BCUT2D eigenvalue weighted by atomic mass is 16.2. The molecule has 1 aromatic heterocycles. The highest BCUT2D eigenvalue weighted by Gasteiger charge is 2.09. The zero-order chi connectivity index (χ0) is 13.2. The van der Waals surface area contributed by atoms with E-state index in [4.69, 9.17) is 0 Å². The number of aromatic nitrogens is 1. The van der Waals surface area contributed by atoms with Crippen molar-refractivity contribution in [3.8, 4) is 11.1 Å². The van der Waals surface area contributed by atoms with Crippen LogP contribution in [0.3, 0.4) is 0 Å². The second kappa shape index (κ2) is 4.90. The summed E-state index contributed by atoms with van der Waals surface area (Å²) in [6.45, 7) is 2.25. The van der Waals surface area contributed by atoms with Crippen LogP contribution in [-0.4, -0.2) is 16.7 Å². The summed E-state index contributed by atoms with van der Waals surface area (Å²) in [5.41, 5.74) is 5.94. The Kier molecular flexibility index (Phi) is 3.10. The summed E-state index contributed by atoms with van der Waals surface area (Å²) < 4.78 is 0. The second-order valence-corrected chi connectivity index (χ2v) is 4.83. The fraction of sp³-hybridized carbons (Fsp3) is 0.176. The van der Waals surface area contributed by atoms with Crippen LogP contribution in [0.1, 0.15) is 11.3 Å². The van der Waals surface area contributed by atoms with Crippen LogP contribution in [0.5, 0.6) is 0 Å². The van der Waals surface area contributed by atoms with Crippen molar-refractivity contribution in [1.29, 1.82) is 0 Å². The van der Waals surface area contributed by atoms with E-state index in [1.54, 1.807) is 0 Å². The monoisotopic (exact) mass is 251 g/mol. The number of aliphatic hydroxyl groups excluding tert-OH is 1. The summed E-state index contributed by atoms with van der Waals surface area (Å²) >= 11 is 0. The normalized spacial score (nSPS) is 11.1. The molecule has 0 amide bonds. The van der Waals surface area contributed by atoms with Gasteiger partial charge >= 0.3 is 0 Å². The molecule has 0 spiro atoms. The Hall–Kier alpha value is -2.06. The van der Waals surface area contributed by atoms with Gasteiger partial charge in [-0.3, -0.25) is 0 Å². The Morgan fingerprint density at radius 3 is 2.53 bits per heavy atom. The molecule has 0 saturated carbocycles. The van der Waals surface area contributed by atoms with Gasteiger partial charge in [-0.25, -0.2) is 0 Å². The molecule has 96 valence electrons. The van der Waals surface area contributed by atoms with Crippen molar-refractivity contribution in [3.63, 3.8) is 0 Å². The van der Waals surface area contributed by atoms with Crippen LogP contribution in [0.15, 0.2) is 48.5 Å². The number of hydrogen-bond donors (Lipinski definition) is 2. The number of rotatable bonds is 3. The number of fused-ring (bicyclic) bond motifs is 1. The minimum Gasteiger partial charge on any atom is -0.396 e. The summed E-state index contributed by atoms with van der Waals surface area (Å²) in [5.74, 6) is 0. The van der Waals surface area contributed by atoms with Crippen molar-refractivity contribution in [1.82, 2.24) is 4.98 Å². The van der Waals surface area contributed by atoms with Gasteiger partial charge in [0.15, 0.2) is 0 Å². The number of aryl methyl sites for hydroxylation is 1. The summed E-state index contributed by atoms with van der Waals surface area (Å²) in [4.78, 5) is 3.38. The molecule has 3 rings (SSSR count). The SMILES string of the molecule is Cc1[nH]c2ccc(-c3ccccc3)cc2c1CCO. The fourth-order valence-corrected chi connectivity index (χ4v) is 2.63. The zero-order valence-corrected chi connectivity index (χ0v) is 11.0. The van der Waals surface area contributed by atoms with Gasteiger partial charge in [0.2, 0.25) is 0 Å². The maximum atomic E-state index is 9.19. The highest BCUT2D eigenvalue weighted by Crippen LogP contribution is 2.28. The molecule has 2 heteroatoms. The zero-order valence-electron chi connectivity index (χ0n) is 11.0. The maximum Gasteiger partial charge on any atom is 0.0472 e. The van der Waals surface area contributed by atoms with E-state index >= 15 is 0 Å². The van der Waals surface area contributed by atoms with Gasteiger partial charge in [0.1, 0.15) is 0 Å². The molecule has 0 unspecified atom stereocenters. The number of aromatic amines is 1. The smallest absolute Gasteiger partial charge is 0.0472 e. The Labute approximate surface area is 112 Å². The van der Waals surface area contributed by atoms with E-state index in [1.807, 2.05) is 6.07 Å². The molecule has 3 aromatic rings. The standard InChI is InChI=1S/C17H17NO/c1-12-15(9-10-19)16-11-14(7-8-17(16)18-12)13-5-3-2-4-6-13/h2-8,11,18-19H,9-10H2,1H3. The average molecular weight is 251 g/mol. The average Bonchev–Trinajstić information content (AvgIpc) is 2.76. The lowest BCUT2D eigenvalue weighted by Gasteiger charge is -2.03. The van der Waals surface area contributed by atoms with E-state index in [0.717, 1.165) is 11.2 Å². The van der Waals surface area contributed by atoms with Gasteiger partial charge in [-0.2, -0.15) is 0 Å². The third kappa shape index (κ3) is 2.15. The number of nitrogens with one attached hydrogen (secondary N) is 1. The molecule has 0 aliphatic heterocycles. The summed E-state index contributed by atoms with van der Waals surface area (Å²) in [7, 11) is 0. The lowest BCUT2D eigenvalue weighted by Crippen LogP contribution is -1.91. The summed E-state index contributed by atoms with van der Waals surface area (Å²) in [5, 5.41) is 10.4. The molecule has 2 N–H and O–H groups in total. The van der Waals surface area contributed by atoms with Crippen molar-refractivity contribution < 1.29 is 5.11 Å². The van der Waals surface area contributed by atoms with Crippen molar-refractivity contribution in [2.24, 2.45) is 0 Å². The molecule has 19 heavy (non-hydrogen) atoms. The van der Waals surface area contributed by atoms with Crippen LogP contribution < -0.4 is 0 Å². The molecular weight excluding hydrogens is 234 g/mol. The minimum absolute atomic E-state index is 0.184. The molecule has 0 aliphatic rings. The predicted molar refractivity (Wildman–Crippen MR) is 79.3 cm³/mol. The van der Waals surface area contributed by atoms with Gasteiger partial charge in [-0.15, -0.1) is 0 Å². The molecule has 0 atom stereocenters. The highest BCUT2D eigenvalue weighted by molar-refractivity contribution is 5.89. The van der Waals surface area contributed by atoms with Crippen LogP contribution in [-0.2, 0) is 6.42 Å². The second-order valence-electron chi connectivity index (χ2n) is 4.83. The lowest BCUT2D eigenvalue weighted by molar-refractivity contribution is 0.300. The predicted octanol–water partition coefficient (Wildman–Crippen LogP) is 3.68. The number of H-pyrrole nitrogens is 1. The van der Waals surface area contributed by atoms with Gasteiger partial charge < -0.3 is 10.1 Å². The molecule has 0 bridgehead atoms. The molecule has 2 aromatic carbocycles. The van der Waals surface area contributed by atoms with Crippen LogP contribution in [0.2, 0.25) is 0 Å². The van der Waals surface area contributed by atoms with Crippen LogP contribution >= 0.6 is 0 Å². The molecule has 0 aliphatic carbocycles. The molecule has 2 nitrogen and oxygen atoms in total. The minimum atomic E-state index is 0.184. The van der Waals surface area contributed by atoms with Crippen molar-refractivity contribution in [3.05, 3.63) is 59.8 Å². The van der Waals surface area contributed by atoms with Crippen molar-refractivity contribution >= 4 is 10.9 Å². The Bertz CT molecular complexity index is 698. The van der Waals surface area contributed by atoms with Gasteiger partial charge in [-0.1, -0.05) is 36.4 Å². The number of hydrogen-bond acceptors (Lipinski definition) is 1. The third-order valence-corrected chi connectivity index (χ3v) is 3.59. The van der Waals surface area contributed by atoms with E-state index in [2.05, 4.69) is 54.4 Å². The van der Waals surface area contributed by atoms with E-state index in [-0.39, 0.29) is 6.61 Å². The summed E-state index contributed by atoms with van der Waals surface area (Å²) in [6, 6.07) is 16.8.